The molecule has 1 aliphatic heterocycles. The zero-order valence-electron chi connectivity index (χ0n) is 9.27. The van der Waals surface area contributed by atoms with E-state index in [1.807, 2.05) is 0 Å². The van der Waals surface area contributed by atoms with Crippen LogP contribution in [0.3, 0.4) is 0 Å². The van der Waals surface area contributed by atoms with E-state index >= 15 is 0 Å². The molecule has 0 unspecified atom stereocenters. The number of amidine groups is 1. The molecule has 1 aliphatic rings. The van der Waals surface area contributed by atoms with Gasteiger partial charge < -0.3 is 9.15 Å². The minimum Gasteiger partial charge on any atom is -0.467 e. The quantitative estimate of drug-likeness (QED) is 0.436. The summed E-state index contributed by atoms with van der Waals surface area (Å²) in [5.74, 6) is -0.569. The van der Waals surface area contributed by atoms with E-state index in [2.05, 4.69) is 10.1 Å². The fraction of sp³-hybridized carbons (Fsp3) is 0.222. The number of ether oxygens (including phenoxy) is 1. The van der Waals surface area contributed by atoms with Crippen molar-refractivity contribution in [3.05, 3.63) is 28.0 Å². The Morgan fingerprint density at radius 2 is 2.44 bits per heavy atom. The number of nitrogens with zero attached hydrogens (tertiary/aromatic N) is 4. The summed E-state index contributed by atoms with van der Waals surface area (Å²) in [6.45, 7) is -0.0392. The Balaban J connectivity index is 2.09. The van der Waals surface area contributed by atoms with Crippen LogP contribution >= 0.6 is 0 Å². The van der Waals surface area contributed by atoms with Crippen molar-refractivity contribution in [3.63, 3.8) is 0 Å². The lowest BCUT2D eigenvalue weighted by molar-refractivity contribution is -0.402. The first-order valence-electron chi connectivity index (χ1n) is 4.81. The summed E-state index contributed by atoms with van der Waals surface area (Å²) in [5, 5.41) is 15.5. The summed E-state index contributed by atoms with van der Waals surface area (Å²) in [6.07, 6.45) is 1.24. The topological polar surface area (TPSA) is 111 Å². The van der Waals surface area contributed by atoms with Crippen LogP contribution in [0.25, 0.3) is 0 Å². The van der Waals surface area contributed by atoms with Gasteiger partial charge in [0, 0.05) is 0 Å². The number of hydrazone groups is 1. The van der Waals surface area contributed by atoms with Crippen molar-refractivity contribution in [2.75, 3.05) is 13.7 Å². The highest BCUT2D eigenvalue weighted by molar-refractivity contribution is 5.98. The van der Waals surface area contributed by atoms with Gasteiger partial charge in [-0.2, -0.15) is 10.1 Å². The van der Waals surface area contributed by atoms with Crippen molar-refractivity contribution >= 4 is 24.0 Å². The molecular formula is C9H8N4O5. The molecule has 1 amide bonds. The van der Waals surface area contributed by atoms with Gasteiger partial charge in [0.05, 0.1) is 19.4 Å². The molecule has 2 rings (SSSR count). The maximum Gasteiger partial charge on any atom is 0.433 e. The third kappa shape index (κ3) is 2.34. The zero-order chi connectivity index (χ0) is 13.1. The number of aliphatic imine (C=N–C) groups is 1. The number of carbonyl (C=O) groups excluding carboxylic acids is 1. The summed E-state index contributed by atoms with van der Waals surface area (Å²) in [7, 11) is 1.36. The number of hydrogen-bond donors (Lipinski definition) is 0. The van der Waals surface area contributed by atoms with Crippen LogP contribution in [0.4, 0.5) is 5.88 Å². The first kappa shape index (κ1) is 11.8. The van der Waals surface area contributed by atoms with Crippen LogP contribution in [0.1, 0.15) is 5.76 Å². The van der Waals surface area contributed by atoms with Crippen molar-refractivity contribution in [2.45, 2.75) is 0 Å². The molecule has 2 heterocycles. The van der Waals surface area contributed by atoms with Gasteiger partial charge in [0.15, 0.2) is 5.76 Å². The lowest BCUT2D eigenvalue weighted by Crippen LogP contribution is -2.24. The zero-order valence-corrected chi connectivity index (χ0v) is 9.27. The van der Waals surface area contributed by atoms with Gasteiger partial charge in [-0.15, -0.1) is 0 Å². The van der Waals surface area contributed by atoms with Gasteiger partial charge in [-0.05, 0) is 6.07 Å². The number of nitro groups is 1. The first-order valence-corrected chi connectivity index (χ1v) is 4.81. The lowest BCUT2D eigenvalue weighted by atomic mass is 10.5. The number of hydrogen-bond acceptors (Lipinski definition) is 7. The van der Waals surface area contributed by atoms with E-state index in [1.165, 1.54) is 30.5 Å². The second-order valence-electron chi connectivity index (χ2n) is 3.23. The van der Waals surface area contributed by atoms with Crippen LogP contribution in [0.15, 0.2) is 26.6 Å². The standard InChI is InChI=1S/C9H8N4O5/c1-17-9-11-7(14)5-12(9)10-4-6-2-3-8(18-6)13(15)16/h2-4H,5H2,1H3. The molecule has 0 radical (unpaired) electrons. The molecule has 0 aromatic carbocycles. The molecule has 9 nitrogen and oxygen atoms in total. The van der Waals surface area contributed by atoms with E-state index in [0.717, 1.165) is 0 Å². The summed E-state index contributed by atoms with van der Waals surface area (Å²) in [4.78, 5) is 24.3. The SMILES string of the molecule is COC1=NC(=O)CN1N=Cc1ccc([N+](=O)[O-])o1. The van der Waals surface area contributed by atoms with Gasteiger partial charge in [-0.1, -0.05) is 0 Å². The fourth-order valence-corrected chi connectivity index (χ4v) is 1.27. The molecule has 0 saturated carbocycles. The van der Waals surface area contributed by atoms with Gasteiger partial charge in [-0.3, -0.25) is 14.9 Å². The van der Waals surface area contributed by atoms with Crippen molar-refractivity contribution in [2.24, 2.45) is 10.1 Å². The molecule has 1 aromatic rings. The Bertz CT molecular complexity index is 547. The highest BCUT2D eigenvalue weighted by Crippen LogP contribution is 2.14. The molecule has 0 N–H and O–H groups in total. The second-order valence-corrected chi connectivity index (χ2v) is 3.23. The molecule has 1 aromatic heterocycles. The highest BCUT2D eigenvalue weighted by Gasteiger charge is 2.23. The van der Waals surface area contributed by atoms with Gasteiger partial charge in [-0.25, -0.2) is 5.01 Å². The number of rotatable bonds is 3. The van der Waals surface area contributed by atoms with E-state index in [1.54, 1.807) is 0 Å². The summed E-state index contributed by atoms with van der Waals surface area (Å²) < 4.78 is 9.69. The predicted molar refractivity (Wildman–Crippen MR) is 59.1 cm³/mol. The van der Waals surface area contributed by atoms with E-state index in [0.29, 0.717) is 0 Å². The lowest BCUT2D eigenvalue weighted by Gasteiger charge is -2.09. The van der Waals surface area contributed by atoms with Crippen LogP contribution in [0.2, 0.25) is 0 Å². The molecule has 9 heteroatoms. The largest absolute Gasteiger partial charge is 0.467 e. The maximum atomic E-state index is 11.0. The minimum atomic E-state index is -0.654. The van der Waals surface area contributed by atoms with E-state index in [9.17, 15) is 14.9 Å². The molecule has 0 aliphatic carbocycles. The monoisotopic (exact) mass is 252 g/mol. The van der Waals surface area contributed by atoms with Gasteiger partial charge in [0.1, 0.15) is 11.5 Å². The van der Waals surface area contributed by atoms with Crippen molar-refractivity contribution in [1.29, 1.82) is 0 Å². The average molecular weight is 252 g/mol. The van der Waals surface area contributed by atoms with Crippen molar-refractivity contribution in [1.82, 2.24) is 5.01 Å². The van der Waals surface area contributed by atoms with Crippen LogP contribution in [0, 0.1) is 10.1 Å². The van der Waals surface area contributed by atoms with Crippen LogP contribution < -0.4 is 0 Å². The number of carbonyl (C=O) groups is 1. The molecule has 18 heavy (non-hydrogen) atoms. The molecule has 0 saturated heterocycles. The Morgan fingerprint density at radius 3 is 3.06 bits per heavy atom. The Hall–Kier alpha value is -2.71. The number of amides is 1. The van der Waals surface area contributed by atoms with E-state index < -0.39 is 4.92 Å². The Kier molecular flexibility index (Phi) is 3.04. The van der Waals surface area contributed by atoms with Gasteiger partial charge in [0.2, 0.25) is 0 Å². The normalized spacial score (nSPS) is 15.3. The summed E-state index contributed by atoms with van der Waals surface area (Å²) in [5.41, 5.74) is 0. The molecule has 0 bridgehead atoms. The second kappa shape index (κ2) is 4.65. The molecule has 0 spiro atoms. The molecule has 0 fully saturated rings. The first-order chi connectivity index (χ1) is 8.60. The molecular weight excluding hydrogens is 244 g/mol. The third-order valence-corrected chi connectivity index (χ3v) is 2.03. The number of methoxy groups -OCH3 is 1. The van der Waals surface area contributed by atoms with Crippen LogP contribution in [-0.2, 0) is 9.53 Å². The fourth-order valence-electron chi connectivity index (χ4n) is 1.27. The maximum absolute atomic E-state index is 11.0. The van der Waals surface area contributed by atoms with Gasteiger partial charge >= 0.3 is 11.9 Å². The smallest absolute Gasteiger partial charge is 0.433 e. The summed E-state index contributed by atoms with van der Waals surface area (Å²) >= 11 is 0. The third-order valence-electron chi connectivity index (χ3n) is 2.03. The van der Waals surface area contributed by atoms with E-state index in [4.69, 9.17) is 9.15 Å². The highest BCUT2D eigenvalue weighted by atomic mass is 16.6. The Morgan fingerprint density at radius 1 is 1.67 bits per heavy atom. The van der Waals surface area contributed by atoms with Crippen LogP contribution in [-0.4, -0.2) is 41.7 Å². The van der Waals surface area contributed by atoms with Gasteiger partial charge in [0.25, 0.3) is 5.91 Å². The Labute approximate surface area is 100 Å². The minimum absolute atomic E-state index is 0.0392. The van der Waals surface area contributed by atoms with Crippen molar-refractivity contribution in [3.8, 4) is 0 Å². The molecule has 0 atom stereocenters. The van der Waals surface area contributed by atoms with E-state index in [-0.39, 0.29) is 30.1 Å². The summed E-state index contributed by atoms with van der Waals surface area (Å²) in [6, 6.07) is 2.67. The van der Waals surface area contributed by atoms with Crippen molar-refractivity contribution < 1.29 is 18.9 Å². The average Bonchev–Trinajstić information content (AvgIpc) is 2.92. The van der Waals surface area contributed by atoms with Crippen LogP contribution in [0.5, 0.6) is 0 Å². The number of furan rings is 1. The molecule has 94 valence electrons. The predicted octanol–water partition coefficient (Wildman–Crippen LogP) is 0.366.